The molecule has 0 fully saturated rings. The number of nitrogens with one attached hydrogen (secondary N) is 1. The van der Waals surface area contributed by atoms with Crippen molar-refractivity contribution < 1.29 is 14.3 Å². The molecule has 1 N–H and O–H groups in total. The summed E-state index contributed by atoms with van der Waals surface area (Å²) in [4.78, 5) is 21.0. The van der Waals surface area contributed by atoms with Gasteiger partial charge in [0, 0.05) is 30.6 Å². The summed E-state index contributed by atoms with van der Waals surface area (Å²) in [6, 6.07) is 18.2. The van der Waals surface area contributed by atoms with Crippen molar-refractivity contribution in [3.8, 4) is 5.75 Å². The lowest BCUT2D eigenvalue weighted by atomic mass is 10.0. The fraction of sp³-hybridized carbons (Fsp3) is 0.407. The van der Waals surface area contributed by atoms with E-state index in [9.17, 15) is 4.79 Å². The highest BCUT2D eigenvalue weighted by Crippen LogP contribution is 2.23. The molecule has 1 atom stereocenters. The number of benzene rings is 2. The summed E-state index contributed by atoms with van der Waals surface area (Å²) in [5, 5.41) is 2.94. The molecule has 6 nitrogen and oxygen atoms in total. The average molecular weight is 480 g/mol. The van der Waals surface area contributed by atoms with E-state index in [2.05, 4.69) is 46.4 Å². The van der Waals surface area contributed by atoms with Crippen molar-refractivity contribution in [3.63, 3.8) is 0 Å². The number of amides is 1. The van der Waals surface area contributed by atoms with E-state index in [0.717, 1.165) is 38.0 Å². The molecule has 4 rings (SSSR count). The van der Waals surface area contributed by atoms with Gasteiger partial charge in [-0.2, -0.15) is 0 Å². The molecule has 2 aromatic carbocycles. The first kappa shape index (κ1) is 24.4. The van der Waals surface area contributed by atoms with Crippen molar-refractivity contribution in [2.24, 2.45) is 0 Å². The van der Waals surface area contributed by atoms with Crippen molar-refractivity contribution in [1.29, 1.82) is 0 Å². The number of rotatable bonds is 4. The Kier molecular flexibility index (Phi) is 9.07. The lowest BCUT2D eigenvalue weighted by Crippen LogP contribution is -2.41. The predicted octanol–water partition coefficient (Wildman–Crippen LogP) is 4.48. The summed E-state index contributed by atoms with van der Waals surface area (Å²) in [6.45, 7) is 6.04. The maximum atomic E-state index is 12.8. The first-order valence-electron chi connectivity index (χ1n) is 12.0. The summed E-state index contributed by atoms with van der Waals surface area (Å²) in [5.41, 5.74) is 4.84. The molecule has 1 aliphatic rings. The number of carbonyl (C=O) groups excluding carboxylic acids is 1. The Balaban J connectivity index is 1.61. The molecule has 0 radical (unpaired) electrons. The minimum Gasteiger partial charge on any atom is -0.491 e. The van der Waals surface area contributed by atoms with Crippen LogP contribution in [0.3, 0.4) is 0 Å². The first-order chi connectivity index (χ1) is 16.7. The number of hydrogen-bond donors (Lipinski definition) is 1. The summed E-state index contributed by atoms with van der Waals surface area (Å²) in [5.74, 6) is 0.480. The average Bonchev–Trinajstić information content (AvgIpc) is 3.26. The van der Waals surface area contributed by atoms with E-state index in [4.69, 9.17) is 9.47 Å². The highest BCUT2D eigenvalue weighted by Gasteiger charge is 2.23. The zero-order valence-corrected chi connectivity index (χ0v) is 20.6. The summed E-state index contributed by atoms with van der Waals surface area (Å²) >= 11 is 1.71. The molecule has 180 valence electrons. The van der Waals surface area contributed by atoms with Gasteiger partial charge in [0.05, 0.1) is 23.4 Å². The number of fused-ring (bicyclic) bond motifs is 1. The molecule has 0 saturated carbocycles. The number of aromatic nitrogens is 1. The van der Waals surface area contributed by atoms with Gasteiger partial charge in [-0.05, 0) is 50.4 Å². The molecule has 0 aliphatic carbocycles. The Morgan fingerprint density at radius 3 is 2.74 bits per heavy atom. The van der Waals surface area contributed by atoms with Gasteiger partial charge in [-0.3, -0.25) is 9.69 Å². The van der Waals surface area contributed by atoms with E-state index >= 15 is 0 Å². The van der Waals surface area contributed by atoms with Crippen LogP contribution in [0.25, 0.3) is 0 Å². The van der Waals surface area contributed by atoms with E-state index < -0.39 is 0 Å². The van der Waals surface area contributed by atoms with Crippen molar-refractivity contribution in [2.75, 3.05) is 32.9 Å². The van der Waals surface area contributed by atoms with Crippen molar-refractivity contribution in [2.45, 2.75) is 38.8 Å². The van der Waals surface area contributed by atoms with Crippen LogP contribution >= 0.6 is 11.3 Å². The second kappa shape index (κ2) is 12.6. The van der Waals surface area contributed by atoms with Gasteiger partial charge in [0.15, 0.2) is 0 Å². The molecule has 34 heavy (non-hydrogen) atoms. The van der Waals surface area contributed by atoms with Gasteiger partial charge in [0.25, 0.3) is 5.91 Å². The maximum Gasteiger partial charge on any atom is 0.255 e. The van der Waals surface area contributed by atoms with E-state index in [1.165, 1.54) is 10.4 Å². The normalized spacial score (nSPS) is 18.7. The van der Waals surface area contributed by atoms with Gasteiger partial charge in [-0.25, -0.2) is 4.98 Å². The smallest absolute Gasteiger partial charge is 0.255 e. The monoisotopic (exact) mass is 479 g/mol. The Bertz CT molecular complexity index is 1040. The van der Waals surface area contributed by atoms with Gasteiger partial charge in [-0.1, -0.05) is 42.5 Å². The van der Waals surface area contributed by atoms with Gasteiger partial charge in [0.1, 0.15) is 12.4 Å². The third-order valence-corrected chi connectivity index (χ3v) is 7.02. The first-order valence-corrected chi connectivity index (χ1v) is 12.8. The number of ether oxygens (including phenoxy) is 2. The second-order valence-corrected chi connectivity index (χ2v) is 9.50. The van der Waals surface area contributed by atoms with Crippen LogP contribution in [-0.4, -0.2) is 54.7 Å². The molecule has 1 aliphatic heterocycles. The lowest BCUT2D eigenvalue weighted by molar-refractivity contribution is 0.0908. The third-order valence-electron chi connectivity index (χ3n) is 6.10. The van der Waals surface area contributed by atoms with Crippen LogP contribution in [0.5, 0.6) is 5.75 Å². The Labute approximate surface area is 205 Å². The zero-order valence-electron chi connectivity index (χ0n) is 19.7. The highest BCUT2D eigenvalue weighted by atomic mass is 32.1. The largest absolute Gasteiger partial charge is 0.491 e. The molecular formula is C27H33N3O3S. The number of carbonyl (C=O) groups is 1. The van der Waals surface area contributed by atoms with Gasteiger partial charge in [0.2, 0.25) is 0 Å². The zero-order chi connectivity index (χ0) is 23.6. The van der Waals surface area contributed by atoms with Crippen molar-refractivity contribution in [3.05, 3.63) is 81.8 Å². The molecule has 7 heteroatoms. The molecular weight excluding hydrogens is 446 g/mol. The fourth-order valence-corrected chi connectivity index (χ4v) is 4.95. The van der Waals surface area contributed by atoms with Crippen LogP contribution in [0.2, 0.25) is 0 Å². The highest BCUT2D eigenvalue weighted by molar-refractivity contribution is 7.09. The van der Waals surface area contributed by atoms with E-state index in [1.54, 1.807) is 11.3 Å². The molecule has 2 heterocycles. The second-order valence-electron chi connectivity index (χ2n) is 8.56. The van der Waals surface area contributed by atoms with Crippen molar-refractivity contribution in [1.82, 2.24) is 15.2 Å². The molecule has 3 aromatic rings. The number of para-hydroxylation sites is 1. The summed E-state index contributed by atoms with van der Waals surface area (Å²) < 4.78 is 12.1. The number of hydrogen-bond acceptors (Lipinski definition) is 6. The Morgan fingerprint density at radius 1 is 1.09 bits per heavy atom. The van der Waals surface area contributed by atoms with E-state index in [0.29, 0.717) is 37.7 Å². The number of nitrogens with zero attached hydrogens (tertiary/aromatic N) is 2. The van der Waals surface area contributed by atoms with Gasteiger partial charge >= 0.3 is 0 Å². The van der Waals surface area contributed by atoms with Gasteiger partial charge < -0.3 is 14.8 Å². The maximum absolute atomic E-state index is 12.8. The molecule has 1 aromatic heterocycles. The molecule has 1 amide bonds. The van der Waals surface area contributed by atoms with Gasteiger partial charge in [-0.15, -0.1) is 11.3 Å². The number of aryl methyl sites for hydroxylation is 1. The number of thiazole rings is 1. The summed E-state index contributed by atoms with van der Waals surface area (Å²) in [6.07, 6.45) is 2.88. The topological polar surface area (TPSA) is 63.7 Å². The lowest BCUT2D eigenvalue weighted by Gasteiger charge is -2.32. The third kappa shape index (κ3) is 6.88. The minimum atomic E-state index is -0.133. The molecule has 0 spiro atoms. The predicted molar refractivity (Wildman–Crippen MR) is 136 cm³/mol. The Hall–Kier alpha value is -2.74. The van der Waals surface area contributed by atoms with Crippen LogP contribution in [0.4, 0.5) is 0 Å². The molecule has 0 saturated heterocycles. The quantitative estimate of drug-likeness (QED) is 0.598. The summed E-state index contributed by atoms with van der Waals surface area (Å²) in [7, 11) is 0. The van der Waals surface area contributed by atoms with Crippen LogP contribution in [0.15, 0.2) is 60.1 Å². The molecule has 0 bridgehead atoms. The SMILES string of the molecule is Cc1ncsc1CN1CCCCOCCNC(=O)c2ccccc2OC[C@@H]1Cc1ccccc1. The standard InChI is InChI=1S/C27H33N3O3S/c1-21-26(34-20-29-21)18-30-14-7-8-15-32-16-13-28-27(31)24-11-5-6-12-25(24)33-19-23(30)17-22-9-3-2-4-10-22/h2-6,9-12,20,23H,7-8,13-19H2,1H3,(H,28,31)/t23-/m0/s1. The van der Waals surface area contributed by atoms with Crippen LogP contribution in [0, 0.1) is 6.92 Å². The van der Waals surface area contributed by atoms with Crippen molar-refractivity contribution >= 4 is 17.2 Å². The Morgan fingerprint density at radius 2 is 1.91 bits per heavy atom. The van der Waals surface area contributed by atoms with Crippen LogP contribution < -0.4 is 10.1 Å². The fourth-order valence-electron chi connectivity index (χ4n) is 4.15. The van der Waals surface area contributed by atoms with E-state index in [1.807, 2.05) is 35.8 Å². The van der Waals surface area contributed by atoms with E-state index in [-0.39, 0.29) is 11.9 Å². The van der Waals surface area contributed by atoms with Crippen LogP contribution in [-0.2, 0) is 17.7 Å². The minimum absolute atomic E-state index is 0.133. The molecule has 0 unspecified atom stereocenters. The van der Waals surface area contributed by atoms with Crippen LogP contribution in [0.1, 0.15) is 39.3 Å².